The van der Waals surface area contributed by atoms with Crippen LogP contribution in [0.15, 0.2) is 54.6 Å². The highest BCUT2D eigenvalue weighted by Gasteiger charge is 2.19. The predicted octanol–water partition coefficient (Wildman–Crippen LogP) is 2.86. The SMILES string of the molecule is CCCCOC(=O)c1ccc(NC(=O)COC(=O)[C@@H](O)c2ccccc2)cc1. The van der Waals surface area contributed by atoms with E-state index >= 15 is 0 Å². The third-order valence-corrected chi connectivity index (χ3v) is 3.82. The van der Waals surface area contributed by atoms with Crippen molar-refractivity contribution in [2.75, 3.05) is 18.5 Å². The van der Waals surface area contributed by atoms with Gasteiger partial charge in [0.05, 0.1) is 12.2 Å². The maximum absolute atomic E-state index is 11.9. The fourth-order valence-corrected chi connectivity index (χ4v) is 2.27. The highest BCUT2D eigenvalue weighted by atomic mass is 16.6. The monoisotopic (exact) mass is 385 g/mol. The Labute approximate surface area is 163 Å². The molecule has 0 aliphatic heterocycles. The largest absolute Gasteiger partial charge is 0.462 e. The molecule has 0 heterocycles. The first-order valence-electron chi connectivity index (χ1n) is 8.98. The molecule has 0 radical (unpaired) electrons. The normalized spacial score (nSPS) is 11.4. The number of carbonyl (C=O) groups excluding carboxylic acids is 3. The number of esters is 2. The lowest BCUT2D eigenvalue weighted by atomic mass is 10.1. The van der Waals surface area contributed by atoms with Crippen molar-refractivity contribution in [1.29, 1.82) is 0 Å². The molecule has 0 saturated carbocycles. The Balaban J connectivity index is 1.79. The zero-order valence-corrected chi connectivity index (χ0v) is 15.6. The smallest absolute Gasteiger partial charge is 0.340 e. The molecular formula is C21H23NO6. The van der Waals surface area contributed by atoms with E-state index in [0.717, 1.165) is 12.8 Å². The van der Waals surface area contributed by atoms with Gasteiger partial charge in [0, 0.05) is 5.69 Å². The van der Waals surface area contributed by atoms with E-state index in [0.29, 0.717) is 23.4 Å². The number of unbranched alkanes of at least 4 members (excludes halogenated alkanes) is 1. The Hall–Kier alpha value is -3.19. The van der Waals surface area contributed by atoms with Crippen molar-refractivity contribution in [3.8, 4) is 0 Å². The Bertz CT molecular complexity index is 788. The lowest BCUT2D eigenvalue weighted by Gasteiger charge is -2.11. The third kappa shape index (κ3) is 6.51. The van der Waals surface area contributed by atoms with Crippen molar-refractivity contribution < 1.29 is 29.0 Å². The van der Waals surface area contributed by atoms with Gasteiger partial charge in [-0.15, -0.1) is 0 Å². The van der Waals surface area contributed by atoms with Crippen LogP contribution in [0, 0.1) is 0 Å². The summed E-state index contributed by atoms with van der Waals surface area (Å²) in [5.41, 5.74) is 1.20. The first kappa shape index (κ1) is 21.1. The van der Waals surface area contributed by atoms with Gasteiger partial charge < -0.3 is 19.9 Å². The Morgan fingerprint density at radius 3 is 2.32 bits per heavy atom. The molecule has 1 amide bonds. The van der Waals surface area contributed by atoms with Gasteiger partial charge in [0.25, 0.3) is 5.91 Å². The Morgan fingerprint density at radius 1 is 1.00 bits per heavy atom. The minimum Gasteiger partial charge on any atom is -0.462 e. The molecule has 0 unspecified atom stereocenters. The maximum Gasteiger partial charge on any atom is 0.340 e. The van der Waals surface area contributed by atoms with E-state index in [9.17, 15) is 19.5 Å². The number of amides is 1. The minimum absolute atomic E-state index is 0.369. The highest BCUT2D eigenvalue weighted by molar-refractivity contribution is 5.94. The Kier molecular flexibility index (Phi) is 8.17. The van der Waals surface area contributed by atoms with E-state index in [1.807, 2.05) is 6.92 Å². The van der Waals surface area contributed by atoms with Crippen molar-refractivity contribution in [3.63, 3.8) is 0 Å². The number of ether oxygens (including phenoxy) is 2. The van der Waals surface area contributed by atoms with E-state index in [2.05, 4.69) is 5.32 Å². The van der Waals surface area contributed by atoms with Gasteiger partial charge in [-0.1, -0.05) is 43.7 Å². The average Bonchev–Trinajstić information content (AvgIpc) is 2.72. The Morgan fingerprint density at radius 2 is 1.68 bits per heavy atom. The standard InChI is InChI=1S/C21H23NO6/c1-2-3-13-27-20(25)16-9-11-17(12-10-16)22-18(23)14-28-21(26)19(24)15-7-5-4-6-8-15/h4-12,19,24H,2-3,13-14H2,1H3,(H,22,23)/t19-/m0/s1. The van der Waals surface area contributed by atoms with E-state index in [4.69, 9.17) is 9.47 Å². The molecule has 0 aliphatic rings. The van der Waals surface area contributed by atoms with E-state index < -0.39 is 30.6 Å². The molecule has 7 nitrogen and oxygen atoms in total. The van der Waals surface area contributed by atoms with E-state index in [1.165, 1.54) is 12.1 Å². The summed E-state index contributed by atoms with van der Waals surface area (Å²) in [5.74, 6) is -1.89. The van der Waals surface area contributed by atoms with Crippen LogP contribution in [0.2, 0.25) is 0 Å². The van der Waals surface area contributed by atoms with E-state index in [1.54, 1.807) is 42.5 Å². The van der Waals surface area contributed by atoms with Gasteiger partial charge >= 0.3 is 11.9 Å². The molecule has 2 aromatic rings. The van der Waals surface area contributed by atoms with Gasteiger partial charge in [-0.05, 0) is 36.2 Å². The summed E-state index contributed by atoms with van der Waals surface area (Å²) < 4.78 is 9.94. The summed E-state index contributed by atoms with van der Waals surface area (Å²) in [7, 11) is 0. The van der Waals surface area contributed by atoms with Crippen LogP contribution in [-0.4, -0.2) is 36.2 Å². The van der Waals surface area contributed by atoms with Gasteiger partial charge in [-0.2, -0.15) is 0 Å². The maximum atomic E-state index is 11.9. The van der Waals surface area contributed by atoms with Gasteiger partial charge in [0.15, 0.2) is 12.7 Å². The fraction of sp³-hybridized carbons (Fsp3) is 0.286. The fourth-order valence-electron chi connectivity index (χ4n) is 2.27. The quantitative estimate of drug-likeness (QED) is 0.508. The number of hydrogen-bond acceptors (Lipinski definition) is 6. The average molecular weight is 385 g/mol. The number of aliphatic hydroxyl groups excluding tert-OH is 1. The number of anilines is 1. The molecule has 0 bridgehead atoms. The van der Waals surface area contributed by atoms with Crippen LogP contribution in [0.3, 0.4) is 0 Å². The number of nitrogens with one attached hydrogen (secondary N) is 1. The van der Waals surface area contributed by atoms with Crippen molar-refractivity contribution in [2.45, 2.75) is 25.9 Å². The second-order valence-corrected chi connectivity index (χ2v) is 6.04. The molecule has 2 rings (SSSR count). The van der Waals surface area contributed by atoms with Crippen LogP contribution in [-0.2, 0) is 19.1 Å². The highest BCUT2D eigenvalue weighted by Crippen LogP contribution is 2.14. The van der Waals surface area contributed by atoms with Gasteiger partial charge in [-0.25, -0.2) is 9.59 Å². The summed E-state index contributed by atoms with van der Waals surface area (Å²) in [6.45, 7) is 1.84. The molecule has 2 aromatic carbocycles. The first-order valence-corrected chi connectivity index (χ1v) is 8.98. The molecule has 1 atom stereocenters. The minimum atomic E-state index is -1.45. The zero-order valence-electron chi connectivity index (χ0n) is 15.6. The number of aliphatic hydroxyl groups is 1. The molecule has 0 aromatic heterocycles. The summed E-state index contributed by atoms with van der Waals surface area (Å²) in [4.78, 5) is 35.6. The predicted molar refractivity (Wildman–Crippen MR) is 103 cm³/mol. The summed E-state index contributed by atoms with van der Waals surface area (Å²) in [6.07, 6.45) is 0.287. The van der Waals surface area contributed by atoms with Gasteiger partial charge in [0.2, 0.25) is 0 Å². The van der Waals surface area contributed by atoms with Crippen molar-refractivity contribution in [2.24, 2.45) is 0 Å². The summed E-state index contributed by atoms with van der Waals surface area (Å²) in [6, 6.07) is 14.5. The second kappa shape index (κ2) is 10.8. The molecule has 28 heavy (non-hydrogen) atoms. The first-order chi connectivity index (χ1) is 13.5. The molecule has 148 valence electrons. The summed E-state index contributed by atoms with van der Waals surface area (Å²) >= 11 is 0. The molecule has 0 fully saturated rings. The lowest BCUT2D eigenvalue weighted by molar-refractivity contribution is -0.156. The van der Waals surface area contributed by atoms with Crippen LogP contribution in [0.5, 0.6) is 0 Å². The van der Waals surface area contributed by atoms with E-state index in [-0.39, 0.29) is 0 Å². The number of rotatable bonds is 9. The second-order valence-electron chi connectivity index (χ2n) is 6.04. The van der Waals surface area contributed by atoms with Crippen molar-refractivity contribution in [3.05, 3.63) is 65.7 Å². The number of carbonyl (C=O) groups is 3. The summed E-state index contributed by atoms with van der Waals surface area (Å²) in [5, 5.41) is 12.4. The molecule has 0 aliphatic carbocycles. The van der Waals surface area contributed by atoms with Crippen LogP contribution >= 0.6 is 0 Å². The van der Waals surface area contributed by atoms with Gasteiger partial charge in [0.1, 0.15) is 0 Å². The van der Waals surface area contributed by atoms with Gasteiger partial charge in [-0.3, -0.25) is 4.79 Å². The number of hydrogen-bond donors (Lipinski definition) is 2. The zero-order chi connectivity index (χ0) is 20.4. The lowest BCUT2D eigenvalue weighted by Crippen LogP contribution is -2.24. The molecule has 7 heteroatoms. The number of benzene rings is 2. The topological polar surface area (TPSA) is 102 Å². The molecule has 0 spiro atoms. The van der Waals surface area contributed by atoms with Crippen molar-refractivity contribution >= 4 is 23.5 Å². The van der Waals surface area contributed by atoms with Crippen LogP contribution < -0.4 is 5.32 Å². The molecule has 0 saturated heterocycles. The molecule has 2 N–H and O–H groups in total. The van der Waals surface area contributed by atoms with Crippen molar-refractivity contribution in [1.82, 2.24) is 0 Å². The van der Waals surface area contributed by atoms with Crippen LogP contribution in [0.25, 0.3) is 0 Å². The molecular weight excluding hydrogens is 362 g/mol. The van der Waals surface area contributed by atoms with Crippen LogP contribution in [0.1, 0.15) is 41.8 Å². The van der Waals surface area contributed by atoms with Crippen LogP contribution in [0.4, 0.5) is 5.69 Å². The third-order valence-electron chi connectivity index (χ3n) is 3.82.